The van der Waals surface area contributed by atoms with Crippen molar-refractivity contribution < 1.29 is 4.48 Å². The zero-order chi connectivity index (χ0) is 9.47. The summed E-state index contributed by atoms with van der Waals surface area (Å²) in [5.74, 6) is 0.971. The lowest BCUT2D eigenvalue weighted by molar-refractivity contribution is -0.934. The summed E-state index contributed by atoms with van der Waals surface area (Å²) < 4.78 is 1.23. The molecular formula is C11H23N2+. The van der Waals surface area contributed by atoms with E-state index in [1.54, 1.807) is 0 Å². The second kappa shape index (κ2) is 3.25. The summed E-state index contributed by atoms with van der Waals surface area (Å²) in [6.07, 6.45) is 2.84. The van der Waals surface area contributed by atoms with Crippen LogP contribution < -0.4 is 0 Å². The molecule has 2 aliphatic heterocycles. The number of piperidine rings is 1. The highest BCUT2D eigenvalue weighted by molar-refractivity contribution is 4.81. The van der Waals surface area contributed by atoms with Crippen molar-refractivity contribution in [3.8, 4) is 0 Å². The lowest BCUT2D eigenvalue weighted by Crippen LogP contribution is -2.67. The van der Waals surface area contributed by atoms with Crippen molar-refractivity contribution in [3.63, 3.8) is 0 Å². The highest BCUT2D eigenvalue weighted by Crippen LogP contribution is 2.24. The van der Waals surface area contributed by atoms with Gasteiger partial charge in [0.15, 0.2) is 0 Å². The van der Waals surface area contributed by atoms with E-state index in [4.69, 9.17) is 0 Å². The molecule has 0 bridgehead atoms. The van der Waals surface area contributed by atoms with Gasteiger partial charge in [-0.25, -0.2) is 0 Å². The molecule has 0 spiro atoms. The van der Waals surface area contributed by atoms with Gasteiger partial charge in [-0.2, -0.15) is 0 Å². The molecule has 2 nitrogen and oxygen atoms in total. The van der Waals surface area contributed by atoms with E-state index in [1.807, 2.05) is 0 Å². The Kier molecular flexibility index (Phi) is 2.37. The molecule has 0 aromatic heterocycles. The summed E-state index contributed by atoms with van der Waals surface area (Å²) >= 11 is 0. The summed E-state index contributed by atoms with van der Waals surface area (Å²) in [5.41, 5.74) is 0. The van der Waals surface area contributed by atoms with Gasteiger partial charge in [-0.1, -0.05) is 6.92 Å². The Balaban J connectivity index is 1.78. The second-order valence-corrected chi connectivity index (χ2v) is 5.67. The fraction of sp³-hybridized carbons (Fsp3) is 1.00. The lowest BCUT2D eigenvalue weighted by Gasteiger charge is -2.50. The van der Waals surface area contributed by atoms with Crippen LogP contribution in [-0.4, -0.2) is 55.7 Å². The van der Waals surface area contributed by atoms with E-state index in [0.717, 1.165) is 12.0 Å². The molecule has 0 saturated carbocycles. The monoisotopic (exact) mass is 183 g/mol. The van der Waals surface area contributed by atoms with Crippen molar-refractivity contribution in [2.24, 2.45) is 5.92 Å². The number of hydrogen-bond acceptors (Lipinski definition) is 1. The average Bonchev–Trinajstić information content (AvgIpc) is 2.01. The van der Waals surface area contributed by atoms with Crippen molar-refractivity contribution in [2.45, 2.75) is 25.8 Å². The van der Waals surface area contributed by atoms with Gasteiger partial charge in [-0.15, -0.1) is 0 Å². The summed E-state index contributed by atoms with van der Waals surface area (Å²) in [6, 6.07) is 0.905. The molecule has 0 aromatic rings. The first-order valence-electron chi connectivity index (χ1n) is 5.63. The molecule has 0 amide bonds. The first-order chi connectivity index (χ1) is 6.07. The third-order valence-corrected chi connectivity index (χ3v) is 3.74. The molecule has 0 N–H and O–H groups in total. The highest BCUT2D eigenvalue weighted by atomic mass is 15.4. The summed E-state index contributed by atoms with van der Waals surface area (Å²) in [6.45, 7) is 7.83. The van der Waals surface area contributed by atoms with Crippen LogP contribution in [0.5, 0.6) is 0 Å². The molecule has 13 heavy (non-hydrogen) atoms. The number of likely N-dealkylation sites (tertiary alicyclic amines) is 2. The molecule has 0 unspecified atom stereocenters. The fourth-order valence-electron chi connectivity index (χ4n) is 2.71. The number of nitrogens with zero attached hydrogens (tertiary/aromatic N) is 2. The van der Waals surface area contributed by atoms with E-state index in [1.165, 1.54) is 43.5 Å². The van der Waals surface area contributed by atoms with Crippen LogP contribution in [0.4, 0.5) is 0 Å². The van der Waals surface area contributed by atoms with Gasteiger partial charge in [0.1, 0.15) is 6.04 Å². The van der Waals surface area contributed by atoms with Gasteiger partial charge in [-0.05, 0) is 31.8 Å². The zero-order valence-corrected chi connectivity index (χ0v) is 9.29. The van der Waals surface area contributed by atoms with Gasteiger partial charge in [-0.3, -0.25) is 4.90 Å². The van der Waals surface area contributed by atoms with E-state index in [-0.39, 0.29) is 0 Å². The Labute approximate surface area is 82.1 Å². The van der Waals surface area contributed by atoms with Crippen LogP contribution in [-0.2, 0) is 0 Å². The molecule has 2 saturated heterocycles. The summed E-state index contributed by atoms with van der Waals surface area (Å²) in [4.78, 5) is 2.71. The number of likely N-dealkylation sites (N-methyl/N-ethyl adjacent to an activating group) is 1. The van der Waals surface area contributed by atoms with Gasteiger partial charge in [0, 0.05) is 0 Å². The quantitative estimate of drug-likeness (QED) is 0.552. The van der Waals surface area contributed by atoms with E-state index in [2.05, 4.69) is 25.9 Å². The summed E-state index contributed by atoms with van der Waals surface area (Å²) in [7, 11) is 4.67. The molecule has 2 aliphatic rings. The molecule has 2 heterocycles. The molecule has 0 atom stereocenters. The minimum Gasteiger partial charge on any atom is -0.325 e. The van der Waals surface area contributed by atoms with E-state index < -0.39 is 0 Å². The maximum atomic E-state index is 2.71. The maximum Gasteiger partial charge on any atom is 0.109 e. The van der Waals surface area contributed by atoms with Crippen LogP contribution in [0.15, 0.2) is 0 Å². The largest absolute Gasteiger partial charge is 0.325 e. The molecule has 2 heteroatoms. The van der Waals surface area contributed by atoms with Gasteiger partial charge < -0.3 is 4.48 Å². The van der Waals surface area contributed by atoms with Gasteiger partial charge in [0.25, 0.3) is 0 Å². The molecule has 76 valence electrons. The SMILES string of the molecule is CC1CCN(C2C[N+](C)(C)C2)CC1. The Bertz CT molecular complexity index is 173. The van der Waals surface area contributed by atoms with Crippen LogP contribution >= 0.6 is 0 Å². The second-order valence-electron chi connectivity index (χ2n) is 5.67. The fourth-order valence-corrected chi connectivity index (χ4v) is 2.71. The molecule has 0 aliphatic carbocycles. The minimum atomic E-state index is 0.905. The van der Waals surface area contributed by atoms with Crippen molar-refractivity contribution >= 4 is 0 Å². The van der Waals surface area contributed by atoms with Gasteiger partial charge in [0.2, 0.25) is 0 Å². The normalized spacial score (nSPS) is 31.6. The average molecular weight is 183 g/mol. The minimum absolute atomic E-state index is 0.905. The van der Waals surface area contributed by atoms with Crippen LogP contribution in [0, 0.1) is 5.92 Å². The van der Waals surface area contributed by atoms with Gasteiger partial charge >= 0.3 is 0 Å². The van der Waals surface area contributed by atoms with Crippen molar-refractivity contribution in [1.29, 1.82) is 0 Å². The first kappa shape index (κ1) is 9.47. The third kappa shape index (κ3) is 2.05. The first-order valence-corrected chi connectivity index (χ1v) is 5.63. The highest BCUT2D eigenvalue weighted by Gasteiger charge is 2.40. The molecule has 2 fully saturated rings. The maximum absolute atomic E-state index is 2.71. The van der Waals surface area contributed by atoms with Crippen molar-refractivity contribution in [2.75, 3.05) is 40.3 Å². The Morgan fingerprint density at radius 1 is 1.08 bits per heavy atom. The summed E-state index contributed by atoms with van der Waals surface area (Å²) in [5, 5.41) is 0. The van der Waals surface area contributed by atoms with Crippen LogP contribution in [0.2, 0.25) is 0 Å². The van der Waals surface area contributed by atoms with E-state index in [9.17, 15) is 0 Å². The number of hydrogen-bond donors (Lipinski definition) is 0. The molecule has 2 rings (SSSR count). The van der Waals surface area contributed by atoms with Crippen LogP contribution in [0.1, 0.15) is 19.8 Å². The van der Waals surface area contributed by atoms with Crippen molar-refractivity contribution in [1.82, 2.24) is 4.90 Å². The Morgan fingerprint density at radius 2 is 1.62 bits per heavy atom. The zero-order valence-electron chi connectivity index (χ0n) is 9.29. The molecule has 0 aromatic carbocycles. The van der Waals surface area contributed by atoms with E-state index in [0.29, 0.717) is 0 Å². The Hall–Kier alpha value is -0.0800. The van der Waals surface area contributed by atoms with Crippen molar-refractivity contribution in [3.05, 3.63) is 0 Å². The topological polar surface area (TPSA) is 3.24 Å². The van der Waals surface area contributed by atoms with Crippen LogP contribution in [0.3, 0.4) is 0 Å². The molecular weight excluding hydrogens is 160 g/mol. The number of rotatable bonds is 1. The predicted octanol–water partition coefficient (Wildman–Crippen LogP) is 1.18. The predicted molar refractivity (Wildman–Crippen MR) is 55.6 cm³/mol. The van der Waals surface area contributed by atoms with Gasteiger partial charge in [0.05, 0.1) is 27.2 Å². The third-order valence-electron chi connectivity index (χ3n) is 3.74. The van der Waals surface area contributed by atoms with Crippen LogP contribution in [0.25, 0.3) is 0 Å². The molecule has 0 radical (unpaired) electrons. The number of quaternary nitrogens is 1. The standard InChI is InChI=1S/C11H23N2/c1-10-4-6-12(7-5-10)11-8-13(2,3)9-11/h10-11H,4-9H2,1-3H3/q+1. The Morgan fingerprint density at radius 3 is 2.08 bits per heavy atom. The van der Waals surface area contributed by atoms with E-state index >= 15 is 0 Å². The smallest absolute Gasteiger partial charge is 0.109 e. The lowest BCUT2D eigenvalue weighted by atomic mass is 9.95.